The molecular weight excluding hydrogens is 384 g/mol. The van der Waals surface area contributed by atoms with E-state index in [4.69, 9.17) is 4.74 Å². The van der Waals surface area contributed by atoms with Gasteiger partial charge < -0.3 is 10.1 Å². The molecule has 2 aromatic carbocycles. The van der Waals surface area contributed by atoms with E-state index < -0.39 is 0 Å². The first-order chi connectivity index (χ1) is 13.9. The number of hydrogen-bond donors (Lipinski definition) is 1. The molecule has 0 bridgehead atoms. The molecular formula is C22H26N4O2S. The van der Waals surface area contributed by atoms with Gasteiger partial charge in [0.1, 0.15) is 12.1 Å². The third kappa shape index (κ3) is 4.98. The fourth-order valence-corrected chi connectivity index (χ4v) is 4.06. The number of ether oxygens (including phenoxy) is 1. The number of anilines is 1. The van der Waals surface area contributed by atoms with Crippen molar-refractivity contribution in [2.24, 2.45) is 5.92 Å². The smallest absolute Gasteiger partial charge is 0.238 e. The first-order valence-electron chi connectivity index (χ1n) is 9.48. The molecule has 1 N–H and O–H groups in total. The third-order valence-corrected chi connectivity index (χ3v) is 6.08. The average Bonchev–Trinajstić information content (AvgIpc) is 3.14. The van der Waals surface area contributed by atoms with Gasteiger partial charge in [0.15, 0.2) is 5.16 Å². The number of methoxy groups -OCH3 is 1. The van der Waals surface area contributed by atoms with Crippen LogP contribution in [-0.4, -0.2) is 33.0 Å². The number of benzene rings is 2. The summed E-state index contributed by atoms with van der Waals surface area (Å²) in [5.74, 6) is 0.798. The maximum atomic E-state index is 13.0. The minimum atomic E-state index is -0.314. The zero-order valence-corrected chi connectivity index (χ0v) is 18.2. The number of hydrogen-bond acceptors (Lipinski definition) is 5. The molecule has 1 unspecified atom stereocenters. The molecule has 0 spiro atoms. The number of rotatable bonds is 7. The van der Waals surface area contributed by atoms with Crippen LogP contribution in [0.25, 0.3) is 5.69 Å². The average molecular weight is 411 g/mol. The summed E-state index contributed by atoms with van der Waals surface area (Å²) in [4.78, 5) is 13.0. The zero-order valence-electron chi connectivity index (χ0n) is 17.3. The monoisotopic (exact) mass is 410 g/mol. The molecule has 0 aliphatic rings. The van der Waals surface area contributed by atoms with Crippen molar-refractivity contribution >= 4 is 23.4 Å². The van der Waals surface area contributed by atoms with E-state index in [0.717, 1.165) is 22.7 Å². The van der Waals surface area contributed by atoms with Gasteiger partial charge in [-0.3, -0.25) is 9.36 Å². The molecule has 1 atom stereocenters. The number of carbonyl (C=O) groups is 1. The quantitative estimate of drug-likeness (QED) is 0.574. The highest BCUT2D eigenvalue weighted by atomic mass is 32.2. The van der Waals surface area contributed by atoms with Gasteiger partial charge in [-0.05, 0) is 55.7 Å². The summed E-state index contributed by atoms with van der Waals surface area (Å²) in [5.41, 5.74) is 4.09. The van der Waals surface area contributed by atoms with Crippen LogP contribution in [0.5, 0.6) is 5.75 Å². The highest BCUT2D eigenvalue weighted by molar-refractivity contribution is 8.00. The van der Waals surface area contributed by atoms with Gasteiger partial charge in [0, 0.05) is 5.69 Å². The predicted molar refractivity (Wildman–Crippen MR) is 117 cm³/mol. The Hall–Kier alpha value is -2.80. The van der Waals surface area contributed by atoms with Gasteiger partial charge >= 0.3 is 0 Å². The van der Waals surface area contributed by atoms with Crippen molar-refractivity contribution in [3.8, 4) is 11.4 Å². The highest BCUT2D eigenvalue weighted by Crippen LogP contribution is 2.30. The van der Waals surface area contributed by atoms with Gasteiger partial charge in [-0.15, -0.1) is 10.2 Å². The fourth-order valence-electron chi connectivity index (χ4n) is 3.04. The van der Waals surface area contributed by atoms with Crippen LogP contribution < -0.4 is 10.1 Å². The molecule has 7 heteroatoms. The lowest BCUT2D eigenvalue weighted by atomic mass is 10.1. The maximum Gasteiger partial charge on any atom is 0.238 e. The van der Waals surface area contributed by atoms with Crippen molar-refractivity contribution in [1.29, 1.82) is 0 Å². The van der Waals surface area contributed by atoms with E-state index in [1.54, 1.807) is 13.4 Å². The van der Waals surface area contributed by atoms with Crippen LogP contribution in [0, 0.1) is 19.8 Å². The van der Waals surface area contributed by atoms with Crippen LogP contribution in [-0.2, 0) is 4.79 Å². The van der Waals surface area contributed by atoms with Gasteiger partial charge in [-0.1, -0.05) is 43.3 Å². The molecule has 0 saturated carbocycles. The van der Waals surface area contributed by atoms with E-state index in [1.807, 2.05) is 42.7 Å². The second kappa shape index (κ2) is 9.13. The lowest BCUT2D eigenvalue weighted by molar-refractivity contribution is -0.116. The van der Waals surface area contributed by atoms with Crippen LogP contribution in [0.3, 0.4) is 0 Å². The van der Waals surface area contributed by atoms with E-state index in [9.17, 15) is 4.79 Å². The van der Waals surface area contributed by atoms with Crippen molar-refractivity contribution in [1.82, 2.24) is 14.8 Å². The Morgan fingerprint density at radius 3 is 2.48 bits per heavy atom. The van der Waals surface area contributed by atoms with Crippen LogP contribution in [0.2, 0.25) is 0 Å². The Balaban J connectivity index is 1.80. The van der Waals surface area contributed by atoms with Gasteiger partial charge in [-0.25, -0.2) is 0 Å². The zero-order chi connectivity index (χ0) is 21.0. The maximum absolute atomic E-state index is 13.0. The molecule has 1 amide bonds. The largest absolute Gasteiger partial charge is 0.497 e. The summed E-state index contributed by atoms with van der Waals surface area (Å²) >= 11 is 1.43. The Kier molecular flexibility index (Phi) is 6.59. The van der Waals surface area contributed by atoms with Gasteiger partial charge in [0.2, 0.25) is 5.91 Å². The Morgan fingerprint density at radius 2 is 1.86 bits per heavy atom. The van der Waals surface area contributed by atoms with Crippen molar-refractivity contribution < 1.29 is 9.53 Å². The summed E-state index contributed by atoms with van der Waals surface area (Å²) < 4.78 is 7.11. The lowest BCUT2D eigenvalue weighted by Gasteiger charge is -2.20. The Bertz CT molecular complexity index is 983. The van der Waals surface area contributed by atoms with E-state index >= 15 is 0 Å². The van der Waals surface area contributed by atoms with Crippen LogP contribution in [0.4, 0.5) is 5.69 Å². The van der Waals surface area contributed by atoms with Crippen LogP contribution in [0.15, 0.2) is 53.9 Å². The fraction of sp³-hybridized carbons (Fsp3) is 0.318. The molecule has 29 heavy (non-hydrogen) atoms. The van der Waals surface area contributed by atoms with E-state index in [-0.39, 0.29) is 17.1 Å². The van der Waals surface area contributed by atoms with Crippen molar-refractivity contribution in [3.63, 3.8) is 0 Å². The number of amides is 1. The molecule has 0 aliphatic carbocycles. The number of thioether (sulfide) groups is 1. The summed E-state index contributed by atoms with van der Waals surface area (Å²) in [6.45, 7) is 8.19. The molecule has 0 radical (unpaired) electrons. The lowest BCUT2D eigenvalue weighted by Crippen LogP contribution is -2.30. The minimum Gasteiger partial charge on any atom is -0.497 e. The third-order valence-electron chi connectivity index (χ3n) is 4.58. The van der Waals surface area contributed by atoms with E-state index in [0.29, 0.717) is 5.16 Å². The predicted octanol–water partition coefficient (Wildman–Crippen LogP) is 4.65. The first-order valence-corrected chi connectivity index (χ1v) is 10.4. The van der Waals surface area contributed by atoms with Crippen molar-refractivity contribution in [3.05, 3.63) is 59.9 Å². The molecule has 3 aromatic rings. The van der Waals surface area contributed by atoms with Crippen LogP contribution >= 0.6 is 11.8 Å². The van der Waals surface area contributed by atoms with E-state index in [1.165, 1.54) is 17.3 Å². The number of nitrogens with one attached hydrogen (secondary N) is 1. The molecule has 0 fully saturated rings. The summed E-state index contributed by atoms with van der Waals surface area (Å²) in [5, 5.41) is 11.7. The molecule has 0 aliphatic heterocycles. The summed E-state index contributed by atoms with van der Waals surface area (Å²) in [6.07, 6.45) is 1.69. The van der Waals surface area contributed by atoms with Crippen molar-refractivity contribution in [2.75, 3.05) is 12.4 Å². The first kappa shape index (κ1) is 20.9. The highest BCUT2D eigenvalue weighted by Gasteiger charge is 2.26. The normalized spacial score (nSPS) is 12.1. The van der Waals surface area contributed by atoms with Crippen molar-refractivity contribution in [2.45, 2.75) is 38.1 Å². The number of aryl methyl sites for hydroxylation is 2. The molecule has 1 aromatic heterocycles. The molecule has 3 rings (SSSR count). The van der Waals surface area contributed by atoms with Gasteiger partial charge in [0.25, 0.3) is 0 Å². The van der Waals surface area contributed by atoms with Gasteiger partial charge in [0.05, 0.1) is 18.0 Å². The summed E-state index contributed by atoms with van der Waals surface area (Å²) in [6, 6.07) is 13.6. The Labute approximate surface area is 175 Å². The standard InChI is InChI=1S/C22H26N4O2S/c1-14(2)20(21(27)24-17-7-9-18(28-5)10-8-17)29-22-25-23-13-26(22)19-11-6-15(3)12-16(19)4/h6-14,20H,1-5H3,(H,24,27). The topological polar surface area (TPSA) is 69.0 Å². The summed E-state index contributed by atoms with van der Waals surface area (Å²) in [7, 11) is 1.62. The molecule has 0 saturated heterocycles. The van der Waals surface area contributed by atoms with E-state index in [2.05, 4.69) is 47.6 Å². The SMILES string of the molecule is COc1ccc(NC(=O)C(Sc2nncn2-c2ccc(C)cc2C)C(C)C)cc1. The molecule has 6 nitrogen and oxygen atoms in total. The minimum absolute atomic E-state index is 0.0645. The second-order valence-corrected chi connectivity index (χ2v) is 8.38. The Morgan fingerprint density at radius 1 is 1.14 bits per heavy atom. The number of nitrogens with zero attached hydrogens (tertiary/aromatic N) is 3. The number of carbonyl (C=O) groups excluding carboxylic acids is 1. The molecule has 152 valence electrons. The molecule has 1 heterocycles. The second-order valence-electron chi connectivity index (χ2n) is 7.27. The van der Waals surface area contributed by atoms with Gasteiger partial charge in [-0.2, -0.15) is 0 Å². The number of aromatic nitrogens is 3. The van der Waals surface area contributed by atoms with Crippen LogP contribution in [0.1, 0.15) is 25.0 Å².